The van der Waals surface area contributed by atoms with Crippen LogP contribution in [-0.4, -0.2) is 40.9 Å². The number of thioether (sulfide) groups is 1. The summed E-state index contributed by atoms with van der Waals surface area (Å²) in [4.78, 5) is 8.42. The number of hydrogen-bond donors (Lipinski definition) is 0. The molecule has 142 valence electrons. The van der Waals surface area contributed by atoms with Gasteiger partial charge in [0.1, 0.15) is 5.03 Å². The van der Waals surface area contributed by atoms with Gasteiger partial charge in [-0.3, -0.25) is 4.98 Å². The summed E-state index contributed by atoms with van der Waals surface area (Å²) >= 11 is 1.65. The Kier molecular flexibility index (Phi) is 5.43. The molecule has 4 heterocycles. The Labute approximate surface area is 166 Å². The fourth-order valence-corrected chi connectivity index (χ4v) is 3.50. The van der Waals surface area contributed by atoms with Gasteiger partial charge in [-0.05, 0) is 50.6 Å². The molecule has 0 saturated heterocycles. The number of pyridine rings is 1. The highest BCUT2D eigenvalue weighted by Gasteiger charge is 2.09. The van der Waals surface area contributed by atoms with E-state index in [2.05, 4.69) is 30.4 Å². The maximum absolute atomic E-state index is 5.32. The number of nitrogens with zero attached hydrogens (tertiary/aromatic N) is 7. The average Bonchev–Trinajstić information content (AvgIpc) is 3.32. The smallest absolute Gasteiger partial charge is 0.226 e. The quantitative estimate of drug-likeness (QED) is 0.348. The van der Waals surface area contributed by atoms with Crippen LogP contribution in [0.25, 0.3) is 17.2 Å². The molecule has 0 aliphatic heterocycles. The van der Waals surface area contributed by atoms with E-state index in [1.807, 2.05) is 44.2 Å². The van der Waals surface area contributed by atoms with Gasteiger partial charge >= 0.3 is 0 Å². The first kappa shape index (κ1) is 18.3. The van der Waals surface area contributed by atoms with Crippen molar-refractivity contribution < 1.29 is 4.52 Å². The maximum atomic E-state index is 5.32. The normalized spacial score (nSPS) is 11.1. The Morgan fingerprint density at radius 2 is 1.93 bits per heavy atom. The Balaban J connectivity index is 1.28. The summed E-state index contributed by atoms with van der Waals surface area (Å²) < 4.78 is 7.12. The highest BCUT2D eigenvalue weighted by Crippen LogP contribution is 2.19. The minimum absolute atomic E-state index is 0.593. The molecule has 4 rings (SSSR count). The van der Waals surface area contributed by atoms with Crippen LogP contribution < -0.4 is 0 Å². The lowest BCUT2D eigenvalue weighted by molar-refractivity contribution is 0.378. The van der Waals surface area contributed by atoms with E-state index in [0.717, 1.165) is 46.4 Å². The van der Waals surface area contributed by atoms with Gasteiger partial charge in [-0.2, -0.15) is 10.1 Å². The largest absolute Gasteiger partial charge is 0.339 e. The third-order valence-corrected chi connectivity index (χ3v) is 5.05. The van der Waals surface area contributed by atoms with Crippen LogP contribution in [0.5, 0.6) is 0 Å². The third-order valence-electron chi connectivity index (χ3n) is 4.04. The molecule has 0 N–H and O–H groups in total. The van der Waals surface area contributed by atoms with Crippen molar-refractivity contribution in [3.05, 3.63) is 60.0 Å². The van der Waals surface area contributed by atoms with E-state index in [-0.39, 0.29) is 0 Å². The van der Waals surface area contributed by atoms with E-state index < -0.39 is 0 Å². The minimum Gasteiger partial charge on any atom is -0.339 e. The fraction of sp³-hybridized carbons (Fsp3) is 0.263. The van der Waals surface area contributed by atoms with Crippen molar-refractivity contribution in [1.29, 1.82) is 0 Å². The first-order chi connectivity index (χ1) is 13.7. The lowest BCUT2D eigenvalue weighted by Crippen LogP contribution is -2.03. The molecular formula is C19H19N7OS. The van der Waals surface area contributed by atoms with E-state index in [9.17, 15) is 0 Å². The molecule has 0 unspecified atom stereocenters. The third kappa shape index (κ3) is 4.25. The van der Waals surface area contributed by atoms with Crippen LogP contribution in [0.1, 0.15) is 23.7 Å². The second-order valence-corrected chi connectivity index (χ2v) is 7.38. The Bertz CT molecular complexity index is 1040. The van der Waals surface area contributed by atoms with Crippen LogP contribution in [0.15, 0.2) is 52.3 Å². The Hall–Kier alpha value is -3.07. The van der Waals surface area contributed by atoms with Crippen LogP contribution in [-0.2, 0) is 6.42 Å². The van der Waals surface area contributed by atoms with E-state index in [4.69, 9.17) is 4.52 Å². The molecule has 4 aromatic rings. The number of aryl methyl sites for hydroxylation is 3. The van der Waals surface area contributed by atoms with Gasteiger partial charge in [-0.25, -0.2) is 4.68 Å². The van der Waals surface area contributed by atoms with Crippen LogP contribution >= 0.6 is 11.8 Å². The fourth-order valence-electron chi connectivity index (χ4n) is 2.74. The topological polar surface area (TPSA) is 95.4 Å². The van der Waals surface area contributed by atoms with Gasteiger partial charge in [0.25, 0.3) is 0 Å². The van der Waals surface area contributed by atoms with Gasteiger partial charge in [0.05, 0.1) is 5.69 Å². The zero-order valence-corrected chi connectivity index (χ0v) is 16.4. The molecule has 0 aliphatic rings. The second-order valence-electron chi connectivity index (χ2n) is 6.27. The van der Waals surface area contributed by atoms with Crippen molar-refractivity contribution >= 4 is 11.8 Å². The summed E-state index contributed by atoms with van der Waals surface area (Å²) in [5.41, 5.74) is 2.90. The van der Waals surface area contributed by atoms with E-state index >= 15 is 0 Å². The Morgan fingerprint density at radius 3 is 2.64 bits per heavy atom. The van der Waals surface area contributed by atoms with E-state index in [1.165, 1.54) is 0 Å². The van der Waals surface area contributed by atoms with Crippen molar-refractivity contribution in [1.82, 2.24) is 35.1 Å². The Morgan fingerprint density at radius 1 is 1.07 bits per heavy atom. The van der Waals surface area contributed by atoms with Crippen molar-refractivity contribution in [2.24, 2.45) is 0 Å². The summed E-state index contributed by atoms with van der Waals surface area (Å²) in [6.45, 7) is 3.96. The molecule has 0 bridgehead atoms. The predicted octanol–water partition coefficient (Wildman–Crippen LogP) is 3.45. The monoisotopic (exact) mass is 393 g/mol. The van der Waals surface area contributed by atoms with Gasteiger partial charge in [-0.1, -0.05) is 5.16 Å². The average molecular weight is 393 g/mol. The molecule has 28 heavy (non-hydrogen) atoms. The molecule has 4 aromatic heterocycles. The highest BCUT2D eigenvalue weighted by molar-refractivity contribution is 7.99. The van der Waals surface area contributed by atoms with Crippen molar-refractivity contribution in [2.45, 2.75) is 31.7 Å². The van der Waals surface area contributed by atoms with Crippen LogP contribution in [0.2, 0.25) is 0 Å². The molecule has 0 aromatic carbocycles. The first-order valence-corrected chi connectivity index (χ1v) is 9.91. The van der Waals surface area contributed by atoms with Crippen LogP contribution in [0, 0.1) is 13.8 Å². The molecule has 0 spiro atoms. The van der Waals surface area contributed by atoms with Crippen molar-refractivity contribution in [3.8, 4) is 17.2 Å². The molecular weight excluding hydrogens is 374 g/mol. The van der Waals surface area contributed by atoms with Gasteiger partial charge in [0.15, 0.2) is 5.82 Å². The molecule has 8 nitrogen and oxygen atoms in total. The lowest BCUT2D eigenvalue weighted by Gasteiger charge is -2.03. The van der Waals surface area contributed by atoms with E-state index in [0.29, 0.717) is 11.7 Å². The molecule has 0 amide bonds. The van der Waals surface area contributed by atoms with Gasteiger partial charge in [-0.15, -0.1) is 22.0 Å². The van der Waals surface area contributed by atoms with Crippen molar-refractivity contribution in [3.63, 3.8) is 0 Å². The molecule has 0 atom stereocenters. The van der Waals surface area contributed by atoms with Crippen LogP contribution in [0.4, 0.5) is 0 Å². The summed E-state index contributed by atoms with van der Waals surface area (Å²) in [7, 11) is 0. The molecule has 0 saturated carbocycles. The number of rotatable bonds is 7. The summed E-state index contributed by atoms with van der Waals surface area (Å²) in [6.07, 6.45) is 5.05. The maximum Gasteiger partial charge on any atom is 0.226 e. The van der Waals surface area contributed by atoms with Gasteiger partial charge in [0.2, 0.25) is 11.7 Å². The standard InChI is InChI=1S/C19H19N7OS/c1-13-12-14(2)26(24-13)16-5-6-18(23-22-16)28-11-3-4-17-21-19(25-27-17)15-7-9-20-10-8-15/h5-10,12H,3-4,11H2,1-2H3. The van der Waals surface area contributed by atoms with Crippen molar-refractivity contribution in [2.75, 3.05) is 5.75 Å². The minimum atomic E-state index is 0.593. The molecule has 0 aliphatic carbocycles. The second kappa shape index (κ2) is 8.30. The highest BCUT2D eigenvalue weighted by atomic mass is 32.2. The van der Waals surface area contributed by atoms with Crippen LogP contribution in [0.3, 0.4) is 0 Å². The zero-order chi connectivity index (χ0) is 19.3. The van der Waals surface area contributed by atoms with Gasteiger partial charge in [0, 0.05) is 35.8 Å². The number of aromatic nitrogens is 7. The first-order valence-electron chi connectivity index (χ1n) is 8.92. The van der Waals surface area contributed by atoms with Gasteiger partial charge < -0.3 is 4.52 Å². The molecule has 0 fully saturated rings. The lowest BCUT2D eigenvalue weighted by atomic mass is 10.2. The van der Waals surface area contributed by atoms with E-state index in [1.54, 1.807) is 28.8 Å². The number of hydrogen-bond acceptors (Lipinski definition) is 8. The summed E-state index contributed by atoms with van der Waals surface area (Å²) in [6, 6.07) is 9.64. The summed E-state index contributed by atoms with van der Waals surface area (Å²) in [5.74, 6) is 2.85. The SMILES string of the molecule is Cc1cc(C)n(-c2ccc(SCCCc3nc(-c4ccncc4)no3)nn2)n1. The predicted molar refractivity (Wildman–Crippen MR) is 105 cm³/mol. The molecule has 0 radical (unpaired) electrons. The zero-order valence-electron chi connectivity index (χ0n) is 15.6. The summed E-state index contributed by atoms with van der Waals surface area (Å²) in [5, 5.41) is 17.9. The molecule has 9 heteroatoms.